The highest BCUT2D eigenvalue weighted by Crippen LogP contribution is 2.34. The lowest BCUT2D eigenvalue weighted by Crippen LogP contribution is -2.46. The third-order valence-electron chi connectivity index (χ3n) is 3.76. The average Bonchev–Trinajstić information content (AvgIpc) is 2.42. The van der Waals surface area contributed by atoms with Crippen LogP contribution in [-0.2, 0) is 15.1 Å². The van der Waals surface area contributed by atoms with Crippen molar-refractivity contribution < 1.29 is 18.3 Å². The second-order valence-electron chi connectivity index (χ2n) is 5.05. The molecule has 0 spiro atoms. The first-order chi connectivity index (χ1) is 9.88. The van der Waals surface area contributed by atoms with Gasteiger partial charge in [-0.3, -0.25) is 9.69 Å². The number of carbonyl (C=O) groups is 1. The molecule has 5 heteroatoms. The molecule has 1 aromatic rings. The van der Waals surface area contributed by atoms with E-state index >= 15 is 0 Å². The Labute approximate surface area is 124 Å². The van der Waals surface area contributed by atoms with E-state index in [1.807, 2.05) is 18.7 Å². The smallest absolute Gasteiger partial charge is 0.308 e. The molecule has 0 radical (unpaired) electrons. The van der Waals surface area contributed by atoms with Crippen molar-refractivity contribution in [1.82, 2.24) is 4.90 Å². The highest BCUT2D eigenvalue weighted by atomic mass is 19.1. The van der Waals surface area contributed by atoms with Gasteiger partial charge < -0.3 is 4.74 Å². The molecule has 1 aromatic carbocycles. The lowest BCUT2D eigenvalue weighted by atomic mass is 9.86. The molecule has 0 fully saturated rings. The summed E-state index contributed by atoms with van der Waals surface area (Å²) in [6.45, 7) is 8.79. The highest BCUT2D eigenvalue weighted by Gasteiger charge is 2.37. The maximum Gasteiger partial charge on any atom is 0.308 e. The summed E-state index contributed by atoms with van der Waals surface area (Å²) < 4.78 is 32.7. The number of benzene rings is 1. The monoisotopic (exact) mass is 299 g/mol. The fourth-order valence-corrected chi connectivity index (χ4v) is 2.70. The number of carbonyl (C=O) groups excluding carboxylic acids is 1. The third-order valence-corrected chi connectivity index (χ3v) is 3.76. The average molecular weight is 299 g/mol. The van der Waals surface area contributed by atoms with Gasteiger partial charge in [0.2, 0.25) is 0 Å². The van der Waals surface area contributed by atoms with Gasteiger partial charge in [0, 0.05) is 5.56 Å². The predicted octanol–water partition coefficient (Wildman–Crippen LogP) is 3.48. The fraction of sp³-hybridized carbons (Fsp3) is 0.562. The molecule has 0 saturated carbocycles. The standard InChI is InChI=1S/C16H23F2NO2/c1-5-19(6-2)16(4,11-15(20)21-7-3)13-10-12(17)8-9-14(13)18/h8-10H,5-7,11H2,1-4H3. The zero-order valence-electron chi connectivity index (χ0n) is 13.1. The molecule has 21 heavy (non-hydrogen) atoms. The Morgan fingerprint density at radius 3 is 2.38 bits per heavy atom. The molecule has 3 nitrogen and oxygen atoms in total. The van der Waals surface area contributed by atoms with Crippen molar-refractivity contribution in [3.63, 3.8) is 0 Å². The predicted molar refractivity (Wildman–Crippen MR) is 77.9 cm³/mol. The second kappa shape index (κ2) is 7.50. The first-order valence-corrected chi connectivity index (χ1v) is 7.25. The lowest BCUT2D eigenvalue weighted by Gasteiger charge is -2.40. The summed E-state index contributed by atoms with van der Waals surface area (Å²) in [4.78, 5) is 13.8. The van der Waals surface area contributed by atoms with Gasteiger partial charge >= 0.3 is 5.97 Å². The minimum absolute atomic E-state index is 0.0249. The van der Waals surface area contributed by atoms with Crippen molar-refractivity contribution in [1.29, 1.82) is 0 Å². The van der Waals surface area contributed by atoms with E-state index in [2.05, 4.69) is 0 Å². The molecule has 1 rings (SSSR count). The number of ether oxygens (including phenoxy) is 1. The zero-order chi connectivity index (χ0) is 16.0. The molecule has 0 N–H and O–H groups in total. The van der Waals surface area contributed by atoms with E-state index in [-0.39, 0.29) is 18.6 Å². The molecule has 1 atom stereocenters. The maximum atomic E-state index is 14.2. The highest BCUT2D eigenvalue weighted by molar-refractivity contribution is 5.71. The van der Waals surface area contributed by atoms with Crippen LogP contribution in [0.1, 0.15) is 39.7 Å². The quantitative estimate of drug-likeness (QED) is 0.722. The number of halogens is 2. The van der Waals surface area contributed by atoms with Gasteiger partial charge in [0.15, 0.2) is 0 Å². The Bertz CT molecular complexity index is 489. The van der Waals surface area contributed by atoms with Crippen molar-refractivity contribution in [2.75, 3.05) is 19.7 Å². The molecule has 0 bridgehead atoms. The van der Waals surface area contributed by atoms with Crippen LogP contribution in [0.4, 0.5) is 8.78 Å². The van der Waals surface area contributed by atoms with E-state index in [0.717, 1.165) is 18.2 Å². The van der Waals surface area contributed by atoms with Crippen molar-refractivity contribution in [2.45, 2.75) is 39.7 Å². The van der Waals surface area contributed by atoms with Crippen LogP contribution < -0.4 is 0 Å². The maximum absolute atomic E-state index is 14.2. The molecule has 0 aliphatic carbocycles. The van der Waals surface area contributed by atoms with Crippen LogP contribution in [0.2, 0.25) is 0 Å². The van der Waals surface area contributed by atoms with Gasteiger partial charge in [-0.15, -0.1) is 0 Å². The number of esters is 1. The summed E-state index contributed by atoms with van der Waals surface area (Å²) in [5.74, 6) is -1.46. The van der Waals surface area contributed by atoms with Crippen LogP contribution in [0.25, 0.3) is 0 Å². The van der Waals surface area contributed by atoms with E-state index < -0.39 is 23.1 Å². The van der Waals surface area contributed by atoms with E-state index in [1.165, 1.54) is 0 Å². The van der Waals surface area contributed by atoms with Gasteiger partial charge in [0.25, 0.3) is 0 Å². The van der Waals surface area contributed by atoms with Gasteiger partial charge in [0.05, 0.1) is 18.6 Å². The van der Waals surface area contributed by atoms with E-state index in [0.29, 0.717) is 13.1 Å². The van der Waals surface area contributed by atoms with Crippen LogP contribution in [0.15, 0.2) is 18.2 Å². The minimum Gasteiger partial charge on any atom is -0.466 e. The summed E-state index contributed by atoms with van der Waals surface area (Å²) in [6, 6.07) is 3.33. The van der Waals surface area contributed by atoms with Gasteiger partial charge in [0.1, 0.15) is 11.6 Å². The summed E-state index contributed by atoms with van der Waals surface area (Å²) in [7, 11) is 0. The summed E-state index contributed by atoms with van der Waals surface area (Å²) in [5.41, 5.74) is -0.763. The Hall–Kier alpha value is -1.49. The Kier molecular flexibility index (Phi) is 6.27. The van der Waals surface area contributed by atoms with Crippen LogP contribution in [0.5, 0.6) is 0 Å². The van der Waals surface area contributed by atoms with Crippen molar-refractivity contribution in [3.05, 3.63) is 35.4 Å². The first-order valence-electron chi connectivity index (χ1n) is 7.25. The second-order valence-corrected chi connectivity index (χ2v) is 5.05. The lowest BCUT2D eigenvalue weighted by molar-refractivity contribution is -0.146. The SMILES string of the molecule is CCOC(=O)CC(C)(c1cc(F)ccc1F)N(CC)CC. The van der Waals surface area contributed by atoms with Gasteiger partial charge in [-0.2, -0.15) is 0 Å². The van der Waals surface area contributed by atoms with Crippen LogP contribution in [0, 0.1) is 11.6 Å². The molecule has 0 aliphatic heterocycles. The molecule has 0 amide bonds. The van der Waals surface area contributed by atoms with Crippen molar-refractivity contribution >= 4 is 5.97 Å². The summed E-state index contributed by atoms with van der Waals surface area (Å²) in [5, 5.41) is 0. The number of hydrogen-bond donors (Lipinski definition) is 0. The fourth-order valence-electron chi connectivity index (χ4n) is 2.70. The zero-order valence-corrected chi connectivity index (χ0v) is 13.1. The molecular weight excluding hydrogens is 276 g/mol. The van der Waals surface area contributed by atoms with E-state index in [9.17, 15) is 13.6 Å². The number of nitrogens with zero attached hydrogens (tertiary/aromatic N) is 1. The third kappa shape index (κ3) is 4.00. The summed E-state index contributed by atoms with van der Waals surface area (Å²) in [6.07, 6.45) is -0.0249. The van der Waals surface area contributed by atoms with E-state index in [1.54, 1.807) is 13.8 Å². The van der Waals surface area contributed by atoms with Crippen molar-refractivity contribution in [3.8, 4) is 0 Å². The van der Waals surface area contributed by atoms with Gasteiger partial charge in [-0.1, -0.05) is 13.8 Å². The van der Waals surface area contributed by atoms with Crippen LogP contribution in [-0.4, -0.2) is 30.6 Å². The molecule has 0 aromatic heterocycles. The molecular formula is C16H23F2NO2. The first kappa shape index (κ1) is 17.6. The van der Waals surface area contributed by atoms with Gasteiger partial charge in [-0.05, 0) is 45.1 Å². The van der Waals surface area contributed by atoms with Crippen molar-refractivity contribution in [2.24, 2.45) is 0 Å². The van der Waals surface area contributed by atoms with E-state index in [4.69, 9.17) is 4.74 Å². The number of rotatable bonds is 7. The molecule has 0 heterocycles. The minimum atomic E-state index is -0.943. The Balaban J connectivity index is 3.29. The van der Waals surface area contributed by atoms with Gasteiger partial charge in [-0.25, -0.2) is 8.78 Å². The van der Waals surface area contributed by atoms with Crippen LogP contribution >= 0.6 is 0 Å². The number of hydrogen-bond acceptors (Lipinski definition) is 3. The molecule has 1 unspecified atom stereocenters. The molecule has 118 valence electrons. The summed E-state index contributed by atoms with van der Waals surface area (Å²) >= 11 is 0. The molecule has 0 saturated heterocycles. The topological polar surface area (TPSA) is 29.5 Å². The Morgan fingerprint density at radius 2 is 1.86 bits per heavy atom. The molecule has 0 aliphatic rings. The normalized spacial score (nSPS) is 14.0. The van der Waals surface area contributed by atoms with Crippen LogP contribution in [0.3, 0.4) is 0 Å². The largest absolute Gasteiger partial charge is 0.466 e. The Morgan fingerprint density at radius 1 is 1.24 bits per heavy atom.